The van der Waals surface area contributed by atoms with Gasteiger partial charge in [0.2, 0.25) is 0 Å². The normalized spacial score (nSPS) is 22.3. The number of rotatable bonds is 5. The van der Waals surface area contributed by atoms with Crippen LogP contribution in [-0.4, -0.2) is 38.6 Å². The molecule has 1 fully saturated rings. The van der Waals surface area contributed by atoms with Crippen molar-refractivity contribution in [2.75, 3.05) is 11.6 Å². The summed E-state index contributed by atoms with van der Waals surface area (Å²) in [6.45, 7) is 3.91. The predicted molar refractivity (Wildman–Crippen MR) is 86.3 cm³/mol. The van der Waals surface area contributed by atoms with Crippen LogP contribution in [0.1, 0.15) is 61.8 Å². The summed E-state index contributed by atoms with van der Waals surface area (Å²) in [6, 6.07) is 0.292. The number of anilines is 1. The molecule has 0 aliphatic heterocycles. The Hall–Kier alpha value is -1.30. The highest BCUT2D eigenvalue weighted by molar-refractivity contribution is 7.99. The maximum atomic E-state index is 11.5. The number of carboxylic acid groups (broad SMARTS) is 1. The van der Waals surface area contributed by atoms with Crippen LogP contribution in [0.2, 0.25) is 0 Å². The SMILES string of the molecule is CSC1CCCCC1Nc1cnc(C(C)C)nc1C(=O)O. The van der Waals surface area contributed by atoms with Crippen molar-refractivity contribution in [3.63, 3.8) is 0 Å². The highest BCUT2D eigenvalue weighted by Crippen LogP contribution is 2.30. The second-order valence-electron chi connectivity index (χ2n) is 5.76. The summed E-state index contributed by atoms with van der Waals surface area (Å²) in [7, 11) is 0. The minimum absolute atomic E-state index is 0.0825. The standard InChI is InChI=1S/C15H23N3O2S/c1-9(2)14-16-8-11(13(18-14)15(19)20)17-10-6-4-5-7-12(10)21-3/h8-10,12,17H,4-7H2,1-3H3,(H,19,20). The first-order valence-corrected chi connectivity index (χ1v) is 8.71. The van der Waals surface area contributed by atoms with E-state index in [0.717, 1.165) is 6.42 Å². The van der Waals surface area contributed by atoms with E-state index in [4.69, 9.17) is 0 Å². The quantitative estimate of drug-likeness (QED) is 0.868. The summed E-state index contributed by atoms with van der Waals surface area (Å²) in [5, 5.41) is 13.3. The molecule has 2 N–H and O–H groups in total. The molecule has 1 aliphatic rings. The van der Waals surface area contributed by atoms with Crippen molar-refractivity contribution in [1.82, 2.24) is 9.97 Å². The molecular weight excluding hydrogens is 286 g/mol. The van der Waals surface area contributed by atoms with E-state index in [1.165, 1.54) is 19.3 Å². The van der Waals surface area contributed by atoms with Crippen LogP contribution in [0.3, 0.4) is 0 Å². The Morgan fingerprint density at radius 1 is 1.43 bits per heavy atom. The summed E-state index contributed by atoms with van der Waals surface area (Å²) in [6.07, 6.45) is 8.40. The Bertz CT molecular complexity index is 508. The molecule has 1 heterocycles. The zero-order valence-electron chi connectivity index (χ0n) is 12.8. The molecule has 0 radical (unpaired) electrons. The molecule has 116 valence electrons. The number of hydrogen-bond donors (Lipinski definition) is 2. The van der Waals surface area contributed by atoms with E-state index in [1.807, 2.05) is 25.6 Å². The number of nitrogens with one attached hydrogen (secondary N) is 1. The number of aromatic carboxylic acids is 1. The maximum absolute atomic E-state index is 11.5. The number of hydrogen-bond acceptors (Lipinski definition) is 5. The molecule has 1 saturated carbocycles. The van der Waals surface area contributed by atoms with Gasteiger partial charge in [-0.2, -0.15) is 11.8 Å². The summed E-state index contributed by atoms with van der Waals surface area (Å²) in [5.41, 5.74) is 0.622. The molecule has 2 atom stereocenters. The van der Waals surface area contributed by atoms with E-state index < -0.39 is 5.97 Å². The first kappa shape index (κ1) is 16.1. The Morgan fingerprint density at radius 2 is 2.14 bits per heavy atom. The first-order valence-electron chi connectivity index (χ1n) is 7.42. The van der Waals surface area contributed by atoms with Crippen LogP contribution in [0.5, 0.6) is 0 Å². The average Bonchev–Trinajstić information content (AvgIpc) is 2.47. The van der Waals surface area contributed by atoms with Gasteiger partial charge in [0.15, 0.2) is 5.69 Å². The van der Waals surface area contributed by atoms with Gasteiger partial charge in [-0.3, -0.25) is 0 Å². The lowest BCUT2D eigenvalue weighted by Crippen LogP contribution is -2.35. The third kappa shape index (κ3) is 3.87. The van der Waals surface area contributed by atoms with Crippen molar-refractivity contribution in [1.29, 1.82) is 0 Å². The van der Waals surface area contributed by atoms with Crippen molar-refractivity contribution < 1.29 is 9.90 Å². The minimum Gasteiger partial charge on any atom is -0.476 e. The summed E-state index contributed by atoms with van der Waals surface area (Å²) >= 11 is 1.84. The van der Waals surface area contributed by atoms with E-state index >= 15 is 0 Å². The minimum atomic E-state index is -1.00. The Balaban J connectivity index is 2.24. The second-order valence-corrected chi connectivity index (χ2v) is 6.84. The van der Waals surface area contributed by atoms with Crippen LogP contribution in [0.4, 0.5) is 5.69 Å². The van der Waals surface area contributed by atoms with E-state index in [-0.39, 0.29) is 11.6 Å². The third-order valence-electron chi connectivity index (χ3n) is 3.87. The zero-order chi connectivity index (χ0) is 15.4. The predicted octanol–water partition coefficient (Wildman–Crippen LogP) is 3.38. The zero-order valence-corrected chi connectivity index (χ0v) is 13.6. The summed E-state index contributed by atoms with van der Waals surface area (Å²) in [4.78, 5) is 20.0. The van der Waals surface area contributed by atoms with Gasteiger partial charge >= 0.3 is 5.97 Å². The molecule has 5 nitrogen and oxygen atoms in total. The highest BCUT2D eigenvalue weighted by Gasteiger charge is 2.26. The van der Waals surface area contributed by atoms with E-state index in [2.05, 4.69) is 21.5 Å². The molecule has 21 heavy (non-hydrogen) atoms. The van der Waals surface area contributed by atoms with Crippen LogP contribution < -0.4 is 5.32 Å². The van der Waals surface area contributed by atoms with E-state index in [0.29, 0.717) is 22.8 Å². The fourth-order valence-corrected chi connectivity index (χ4v) is 3.62. The molecule has 1 aromatic rings. The van der Waals surface area contributed by atoms with Crippen molar-refractivity contribution >= 4 is 23.4 Å². The lowest BCUT2D eigenvalue weighted by molar-refractivity contribution is 0.0691. The lowest BCUT2D eigenvalue weighted by Gasteiger charge is -2.31. The summed E-state index contributed by atoms with van der Waals surface area (Å²) < 4.78 is 0. The van der Waals surface area contributed by atoms with Gasteiger partial charge in [0.05, 0.1) is 11.9 Å². The molecule has 0 saturated heterocycles. The second kappa shape index (κ2) is 7.11. The van der Waals surface area contributed by atoms with E-state index in [9.17, 15) is 9.90 Å². The molecule has 0 spiro atoms. The first-order chi connectivity index (χ1) is 10.0. The van der Waals surface area contributed by atoms with Crippen molar-refractivity contribution in [3.8, 4) is 0 Å². The van der Waals surface area contributed by atoms with Crippen LogP contribution >= 0.6 is 11.8 Å². The van der Waals surface area contributed by atoms with Gasteiger partial charge in [-0.15, -0.1) is 0 Å². The van der Waals surface area contributed by atoms with Gasteiger partial charge in [0, 0.05) is 17.2 Å². The maximum Gasteiger partial charge on any atom is 0.356 e. The Labute approximate surface area is 130 Å². The highest BCUT2D eigenvalue weighted by atomic mass is 32.2. The van der Waals surface area contributed by atoms with Gasteiger partial charge in [-0.05, 0) is 19.1 Å². The fraction of sp³-hybridized carbons (Fsp3) is 0.667. The van der Waals surface area contributed by atoms with Crippen LogP contribution in [0, 0.1) is 0 Å². The molecule has 0 bridgehead atoms. The number of aromatic nitrogens is 2. The molecule has 2 rings (SSSR count). The van der Waals surface area contributed by atoms with Crippen molar-refractivity contribution in [2.24, 2.45) is 0 Å². The van der Waals surface area contributed by atoms with Gasteiger partial charge in [-0.1, -0.05) is 26.7 Å². The Kier molecular flexibility index (Phi) is 5.45. The monoisotopic (exact) mass is 309 g/mol. The molecular formula is C15H23N3O2S. The van der Waals surface area contributed by atoms with Crippen molar-refractivity contribution in [3.05, 3.63) is 17.7 Å². The third-order valence-corrected chi connectivity index (χ3v) is 5.04. The number of nitrogens with zero attached hydrogens (tertiary/aromatic N) is 2. The Morgan fingerprint density at radius 3 is 2.76 bits per heavy atom. The number of carboxylic acids is 1. The number of thioether (sulfide) groups is 1. The average molecular weight is 309 g/mol. The van der Waals surface area contributed by atoms with Crippen LogP contribution in [-0.2, 0) is 0 Å². The largest absolute Gasteiger partial charge is 0.476 e. The molecule has 1 aromatic heterocycles. The van der Waals surface area contributed by atoms with Gasteiger partial charge in [0.1, 0.15) is 5.82 Å². The van der Waals surface area contributed by atoms with Crippen LogP contribution in [0.15, 0.2) is 6.20 Å². The molecule has 2 unspecified atom stereocenters. The molecule has 1 aliphatic carbocycles. The molecule has 0 amide bonds. The topological polar surface area (TPSA) is 75.1 Å². The van der Waals surface area contributed by atoms with Gasteiger partial charge in [-0.25, -0.2) is 14.8 Å². The van der Waals surface area contributed by atoms with E-state index in [1.54, 1.807) is 6.20 Å². The van der Waals surface area contributed by atoms with Gasteiger partial charge < -0.3 is 10.4 Å². The van der Waals surface area contributed by atoms with Crippen LogP contribution in [0.25, 0.3) is 0 Å². The smallest absolute Gasteiger partial charge is 0.356 e. The van der Waals surface area contributed by atoms with Gasteiger partial charge in [0.25, 0.3) is 0 Å². The molecule has 6 heteroatoms. The lowest BCUT2D eigenvalue weighted by atomic mass is 9.94. The van der Waals surface area contributed by atoms with Crippen molar-refractivity contribution in [2.45, 2.75) is 56.7 Å². The number of carbonyl (C=O) groups is 1. The molecule has 0 aromatic carbocycles. The summed E-state index contributed by atoms with van der Waals surface area (Å²) in [5.74, 6) is -0.313. The fourth-order valence-electron chi connectivity index (χ4n) is 2.69.